The number of nitrogens with zero attached hydrogens (tertiary/aromatic N) is 2. The first kappa shape index (κ1) is 33.2. The third-order valence-electron chi connectivity index (χ3n) is 6.60. The molecule has 0 bridgehead atoms. The molecule has 0 aliphatic heterocycles. The molecule has 0 spiro atoms. The molecule has 0 aromatic heterocycles. The molecule has 3 aromatic carbocycles. The number of rotatable bonds is 15. The standard InChI is InChI=1S/C31H37Cl2N3O5S/c1-4-7-19-34-31(38)29(5-2)35(21-23-13-18-27(32)28(33)20-23)30(37)22-36(24-14-16-25(17-15-24)41-6-3)42(39,40)26-11-9-8-10-12-26/h8-18,20,29H,4-7,19,21-22H2,1-3H3,(H,34,38)/t29-/m0/s1. The van der Waals surface area contributed by atoms with Gasteiger partial charge < -0.3 is 15.0 Å². The Morgan fingerprint density at radius 1 is 0.929 bits per heavy atom. The molecule has 0 saturated heterocycles. The molecule has 0 fully saturated rings. The molecule has 8 nitrogen and oxygen atoms in total. The van der Waals surface area contributed by atoms with Gasteiger partial charge in [0.05, 0.1) is 27.2 Å². The maximum absolute atomic E-state index is 14.1. The van der Waals surface area contributed by atoms with Crippen molar-refractivity contribution in [3.05, 3.63) is 88.4 Å². The zero-order valence-corrected chi connectivity index (χ0v) is 26.4. The molecule has 11 heteroatoms. The van der Waals surface area contributed by atoms with Crippen LogP contribution in [-0.2, 0) is 26.2 Å². The minimum Gasteiger partial charge on any atom is -0.494 e. The Bertz CT molecular complexity index is 1440. The largest absolute Gasteiger partial charge is 0.494 e. The first-order chi connectivity index (χ1) is 20.1. The predicted octanol–water partition coefficient (Wildman–Crippen LogP) is 6.31. The van der Waals surface area contributed by atoms with Crippen LogP contribution in [0.4, 0.5) is 5.69 Å². The maximum Gasteiger partial charge on any atom is 0.264 e. The van der Waals surface area contributed by atoms with Crippen molar-refractivity contribution in [2.24, 2.45) is 0 Å². The highest BCUT2D eigenvalue weighted by atomic mass is 35.5. The summed E-state index contributed by atoms with van der Waals surface area (Å²) in [6.45, 7) is 6.09. The number of hydrogen-bond acceptors (Lipinski definition) is 5. The summed E-state index contributed by atoms with van der Waals surface area (Å²) < 4.78 is 34.4. The first-order valence-electron chi connectivity index (χ1n) is 13.9. The monoisotopic (exact) mass is 633 g/mol. The highest BCUT2D eigenvalue weighted by Crippen LogP contribution is 2.28. The van der Waals surface area contributed by atoms with E-state index in [-0.39, 0.29) is 23.0 Å². The molecular weight excluding hydrogens is 597 g/mol. The SMILES string of the molecule is CCCCNC(=O)[C@H](CC)N(Cc1ccc(Cl)c(Cl)c1)C(=O)CN(c1ccc(OCC)cc1)S(=O)(=O)c1ccccc1. The van der Waals surface area contributed by atoms with Crippen molar-refractivity contribution in [3.8, 4) is 5.75 Å². The fourth-order valence-corrected chi connectivity index (χ4v) is 6.14. The number of ether oxygens (including phenoxy) is 1. The summed E-state index contributed by atoms with van der Waals surface area (Å²) in [6.07, 6.45) is 2.01. The number of anilines is 1. The second-order valence-electron chi connectivity index (χ2n) is 9.59. The van der Waals surface area contributed by atoms with Gasteiger partial charge in [-0.1, -0.05) is 67.7 Å². The maximum atomic E-state index is 14.1. The molecule has 0 heterocycles. The summed E-state index contributed by atoms with van der Waals surface area (Å²) in [7, 11) is -4.16. The van der Waals surface area contributed by atoms with E-state index in [1.807, 2.05) is 20.8 Å². The minimum atomic E-state index is -4.16. The number of unbranched alkanes of at least 4 members (excludes halogenated alkanes) is 1. The molecule has 1 atom stereocenters. The van der Waals surface area contributed by atoms with E-state index < -0.39 is 28.5 Å². The molecule has 0 radical (unpaired) electrons. The van der Waals surface area contributed by atoms with Gasteiger partial charge >= 0.3 is 0 Å². The van der Waals surface area contributed by atoms with E-state index in [2.05, 4.69) is 5.32 Å². The summed E-state index contributed by atoms with van der Waals surface area (Å²) in [5, 5.41) is 3.58. The van der Waals surface area contributed by atoms with Gasteiger partial charge in [0.2, 0.25) is 11.8 Å². The number of hydrogen-bond donors (Lipinski definition) is 1. The highest BCUT2D eigenvalue weighted by Gasteiger charge is 2.33. The topological polar surface area (TPSA) is 96.0 Å². The number of benzene rings is 3. The Hall–Kier alpha value is -3.27. The van der Waals surface area contributed by atoms with Crippen LogP contribution in [0.2, 0.25) is 10.0 Å². The van der Waals surface area contributed by atoms with Gasteiger partial charge in [-0.15, -0.1) is 0 Å². The average molecular weight is 635 g/mol. The first-order valence-corrected chi connectivity index (χ1v) is 16.1. The lowest BCUT2D eigenvalue weighted by Gasteiger charge is -2.33. The van der Waals surface area contributed by atoms with E-state index in [0.717, 1.165) is 17.1 Å². The third kappa shape index (κ3) is 8.63. The van der Waals surface area contributed by atoms with E-state index in [4.69, 9.17) is 27.9 Å². The zero-order chi connectivity index (χ0) is 30.7. The van der Waals surface area contributed by atoms with Gasteiger partial charge in [0, 0.05) is 13.1 Å². The highest BCUT2D eigenvalue weighted by molar-refractivity contribution is 7.92. The Kier molecular flexibility index (Phi) is 12.5. The normalized spacial score (nSPS) is 11.9. The molecule has 226 valence electrons. The summed E-state index contributed by atoms with van der Waals surface area (Å²) >= 11 is 12.4. The zero-order valence-electron chi connectivity index (χ0n) is 24.1. The van der Waals surface area contributed by atoms with Gasteiger partial charge in [-0.05, 0) is 73.9 Å². The third-order valence-corrected chi connectivity index (χ3v) is 9.13. The van der Waals surface area contributed by atoms with E-state index in [1.54, 1.807) is 60.7 Å². The Morgan fingerprint density at radius 3 is 2.21 bits per heavy atom. The van der Waals surface area contributed by atoms with Crippen LogP contribution in [0.25, 0.3) is 0 Å². The van der Waals surface area contributed by atoms with Crippen LogP contribution >= 0.6 is 23.2 Å². The molecule has 3 aromatic rings. The second-order valence-corrected chi connectivity index (χ2v) is 12.3. The van der Waals surface area contributed by atoms with E-state index in [9.17, 15) is 18.0 Å². The molecule has 0 aliphatic carbocycles. The number of nitrogens with one attached hydrogen (secondary N) is 1. The van der Waals surface area contributed by atoms with Crippen molar-refractivity contribution in [2.45, 2.75) is 57.5 Å². The van der Waals surface area contributed by atoms with Gasteiger partial charge in [-0.25, -0.2) is 8.42 Å². The van der Waals surface area contributed by atoms with E-state index >= 15 is 0 Å². The molecule has 42 heavy (non-hydrogen) atoms. The van der Waals surface area contributed by atoms with Crippen molar-refractivity contribution in [1.82, 2.24) is 10.2 Å². The molecule has 3 rings (SSSR count). The smallest absolute Gasteiger partial charge is 0.264 e. The Balaban J connectivity index is 2.04. The van der Waals surface area contributed by atoms with Gasteiger partial charge in [0.25, 0.3) is 10.0 Å². The van der Waals surface area contributed by atoms with E-state index in [1.165, 1.54) is 17.0 Å². The summed E-state index contributed by atoms with van der Waals surface area (Å²) in [5.41, 5.74) is 0.932. The Morgan fingerprint density at radius 2 is 1.62 bits per heavy atom. The van der Waals surface area contributed by atoms with Crippen LogP contribution in [0.15, 0.2) is 77.7 Å². The number of carbonyl (C=O) groups excluding carboxylic acids is 2. The Labute approximate surface area is 258 Å². The summed E-state index contributed by atoms with van der Waals surface area (Å²) in [6, 6.07) is 18.5. The molecule has 0 aliphatic rings. The van der Waals surface area contributed by atoms with Crippen molar-refractivity contribution >= 4 is 50.7 Å². The minimum absolute atomic E-state index is 0.0257. The van der Waals surface area contributed by atoms with Crippen molar-refractivity contribution in [2.75, 3.05) is 24.0 Å². The van der Waals surface area contributed by atoms with Crippen LogP contribution in [0.5, 0.6) is 5.75 Å². The van der Waals surface area contributed by atoms with Crippen molar-refractivity contribution in [3.63, 3.8) is 0 Å². The lowest BCUT2D eigenvalue weighted by Crippen LogP contribution is -2.52. The average Bonchev–Trinajstić information content (AvgIpc) is 2.98. The van der Waals surface area contributed by atoms with Gasteiger partial charge in [-0.2, -0.15) is 0 Å². The number of carbonyl (C=O) groups is 2. The lowest BCUT2D eigenvalue weighted by molar-refractivity contribution is -0.140. The van der Waals surface area contributed by atoms with Crippen molar-refractivity contribution < 1.29 is 22.7 Å². The summed E-state index contributed by atoms with van der Waals surface area (Å²) in [4.78, 5) is 28.8. The van der Waals surface area contributed by atoms with Gasteiger partial charge in [-0.3, -0.25) is 13.9 Å². The number of sulfonamides is 1. The van der Waals surface area contributed by atoms with Gasteiger partial charge in [0.15, 0.2) is 0 Å². The molecular formula is C31H37Cl2N3O5S. The molecule has 2 amide bonds. The van der Waals surface area contributed by atoms with Crippen LogP contribution in [0.1, 0.15) is 45.6 Å². The number of amides is 2. The fraction of sp³-hybridized carbons (Fsp3) is 0.355. The summed E-state index contributed by atoms with van der Waals surface area (Å²) in [5.74, 6) is -0.287. The molecule has 0 unspecified atom stereocenters. The van der Waals surface area contributed by atoms with E-state index in [0.29, 0.717) is 40.9 Å². The van der Waals surface area contributed by atoms with Crippen LogP contribution in [-0.4, -0.2) is 50.9 Å². The fourth-order valence-electron chi connectivity index (χ4n) is 4.38. The van der Waals surface area contributed by atoms with Crippen LogP contribution < -0.4 is 14.4 Å². The number of halogens is 2. The quantitative estimate of drug-likeness (QED) is 0.198. The molecule has 0 saturated carbocycles. The molecule has 1 N–H and O–H groups in total. The lowest BCUT2D eigenvalue weighted by atomic mass is 10.1. The van der Waals surface area contributed by atoms with Crippen molar-refractivity contribution in [1.29, 1.82) is 0 Å². The predicted molar refractivity (Wildman–Crippen MR) is 168 cm³/mol. The van der Waals surface area contributed by atoms with Crippen LogP contribution in [0.3, 0.4) is 0 Å². The van der Waals surface area contributed by atoms with Gasteiger partial charge in [0.1, 0.15) is 18.3 Å². The van der Waals surface area contributed by atoms with Crippen LogP contribution in [0, 0.1) is 0 Å². The second kappa shape index (κ2) is 15.8.